The van der Waals surface area contributed by atoms with Gasteiger partial charge in [0.2, 0.25) is 0 Å². The number of hydrogen-bond donors (Lipinski definition) is 0. The number of hydrogen-bond acceptors (Lipinski definition) is 0. The highest BCUT2D eigenvalue weighted by atomic mass is 14.2. The number of benzene rings is 3. The molecule has 0 aromatic heterocycles. The van der Waals surface area contributed by atoms with E-state index in [0.717, 1.165) is 0 Å². The third-order valence-electron chi connectivity index (χ3n) is 9.00. The van der Waals surface area contributed by atoms with Crippen LogP contribution in [-0.4, -0.2) is 0 Å². The highest BCUT2D eigenvalue weighted by Crippen LogP contribution is 2.38. The Kier molecular flexibility index (Phi) is 14.5. The minimum atomic E-state index is 1.24. The third kappa shape index (κ3) is 9.95. The van der Waals surface area contributed by atoms with Crippen LogP contribution in [-0.2, 0) is 12.8 Å². The normalized spacial score (nSPS) is 11.7. The fourth-order valence-corrected chi connectivity index (χ4v) is 6.81. The standard InChI is InChI=1S/C39H60/c1-6-8-10-12-14-16-18-20-22-24-34-35(25-23-21-19-17-15-13-11-9-7-2)38-30-32(4)28-33(5)39(38)36-27-26-31(3)29-37(34)36/h26-30H,6-25H2,1-5H3. The van der Waals surface area contributed by atoms with E-state index in [1.54, 1.807) is 21.9 Å². The van der Waals surface area contributed by atoms with Crippen LogP contribution in [0.2, 0.25) is 0 Å². The van der Waals surface area contributed by atoms with E-state index in [4.69, 9.17) is 0 Å². The van der Waals surface area contributed by atoms with Gasteiger partial charge in [0, 0.05) is 0 Å². The van der Waals surface area contributed by atoms with E-state index in [0.29, 0.717) is 0 Å². The molecule has 3 aromatic rings. The maximum absolute atomic E-state index is 2.50. The molecule has 0 N–H and O–H groups in total. The van der Waals surface area contributed by atoms with Crippen LogP contribution in [0.3, 0.4) is 0 Å². The molecule has 0 fully saturated rings. The quantitative estimate of drug-likeness (QED) is 0.101. The molecule has 3 rings (SSSR count). The first-order chi connectivity index (χ1) is 19.1. The van der Waals surface area contributed by atoms with Crippen molar-refractivity contribution >= 4 is 21.5 Å². The van der Waals surface area contributed by atoms with Gasteiger partial charge < -0.3 is 0 Å². The van der Waals surface area contributed by atoms with Gasteiger partial charge >= 0.3 is 0 Å². The largest absolute Gasteiger partial charge is 0.0654 e. The van der Waals surface area contributed by atoms with Crippen molar-refractivity contribution in [2.24, 2.45) is 0 Å². The van der Waals surface area contributed by atoms with Crippen LogP contribution in [0.1, 0.15) is 157 Å². The zero-order valence-corrected chi connectivity index (χ0v) is 26.5. The Hall–Kier alpha value is -1.82. The van der Waals surface area contributed by atoms with Gasteiger partial charge in [0.15, 0.2) is 0 Å². The van der Waals surface area contributed by atoms with Crippen molar-refractivity contribution in [3.63, 3.8) is 0 Å². The minimum absolute atomic E-state index is 1.24. The van der Waals surface area contributed by atoms with Gasteiger partial charge in [-0.2, -0.15) is 0 Å². The number of rotatable bonds is 20. The predicted molar refractivity (Wildman–Crippen MR) is 178 cm³/mol. The van der Waals surface area contributed by atoms with Gasteiger partial charge in [0.25, 0.3) is 0 Å². The molecule has 3 aromatic carbocycles. The molecule has 0 heterocycles. The number of unbranched alkanes of at least 4 members (excludes halogenated alkanes) is 16. The van der Waals surface area contributed by atoms with E-state index in [9.17, 15) is 0 Å². The summed E-state index contributed by atoms with van der Waals surface area (Å²) in [6, 6.07) is 12.1. The Morgan fingerprint density at radius 2 is 0.846 bits per heavy atom. The van der Waals surface area contributed by atoms with Crippen molar-refractivity contribution in [2.45, 2.75) is 163 Å². The van der Waals surface area contributed by atoms with E-state index < -0.39 is 0 Å². The van der Waals surface area contributed by atoms with E-state index in [2.05, 4.69) is 65.0 Å². The molecule has 39 heavy (non-hydrogen) atoms. The smallest absolute Gasteiger partial charge is 0.00729 e. The maximum atomic E-state index is 2.50. The Balaban J connectivity index is 1.75. The van der Waals surface area contributed by atoms with E-state index in [1.165, 1.54) is 156 Å². The summed E-state index contributed by atoms with van der Waals surface area (Å²) in [4.78, 5) is 0. The van der Waals surface area contributed by atoms with Gasteiger partial charge in [-0.3, -0.25) is 0 Å². The van der Waals surface area contributed by atoms with Crippen LogP contribution in [0.15, 0.2) is 30.3 Å². The lowest BCUT2D eigenvalue weighted by Gasteiger charge is -2.20. The van der Waals surface area contributed by atoms with E-state index in [1.807, 2.05) is 0 Å². The molecule has 0 nitrogen and oxygen atoms in total. The first-order valence-corrected chi connectivity index (χ1v) is 17.0. The first kappa shape index (κ1) is 31.7. The average molecular weight is 529 g/mol. The fourth-order valence-electron chi connectivity index (χ4n) is 6.81. The summed E-state index contributed by atoms with van der Waals surface area (Å²) in [5.74, 6) is 0. The second-order valence-corrected chi connectivity index (χ2v) is 12.7. The lowest BCUT2D eigenvalue weighted by atomic mass is 9.84. The Bertz CT molecular complexity index is 1120. The lowest BCUT2D eigenvalue weighted by Crippen LogP contribution is -2.01. The molecule has 0 saturated heterocycles. The summed E-state index contributed by atoms with van der Waals surface area (Å²) in [6.45, 7) is 11.5. The minimum Gasteiger partial charge on any atom is -0.0654 e. The molecule has 0 spiro atoms. The van der Waals surface area contributed by atoms with Crippen molar-refractivity contribution in [2.75, 3.05) is 0 Å². The van der Waals surface area contributed by atoms with E-state index in [-0.39, 0.29) is 0 Å². The lowest BCUT2D eigenvalue weighted by molar-refractivity contribution is 0.561. The Morgan fingerprint density at radius 1 is 0.410 bits per heavy atom. The monoisotopic (exact) mass is 528 g/mol. The van der Waals surface area contributed by atoms with Crippen LogP contribution in [0, 0.1) is 20.8 Å². The molecule has 0 aliphatic heterocycles. The Morgan fingerprint density at radius 3 is 1.36 bits per heavy atom. The molecule has 216 valence electrons. The zero-order valence-electron chi connectivity index (χ0n) is 26.5. The predicted octanol–water partition coefficient (Wildman–Crippen LogP) is 13.1. The fraction of sp³-hybridized carbons (Fsp3) is 0.641. The molecular formula is C39H60. The highest BCUT2D eigenvalue weighted by molar-refractivity contribution is 6.12. The summed E-state index contributed by atoms with van der Waals surface area (Å²) < 4.78 is 0. The molecule has 0 aliphatic rings. The SMILES string of the molecule is CCCCCCCCCCCc1c(CCCCCCCCCCC)c2cc(C)cc(C)c2c2ccc(C)cc12. The molecule has 0 heteroatoms. The zero-order chi connectivity index (χ0) is 27.9. The maximum Gasteiger partial charge on any atom is -0.00729 e. The molecule has 0 saturated carbocycles. The molecule has 0 radical (unpaired) electrons. The molecule has 0 amide bonds. The van der Waals surface area contributed by atoms with E-state index >= 15 is 0 Å². The summed E-state index contributed by atoms with van der Waals surface area (Å²) in [5.41, 5.74) is 7.61. The van der Waals surface area contributed by atoms with Crippen LogP contribution >= 0.6 is 0 Å². The molecular weight excluding hydrogens is 468 g/mol. The summed E-state index contributed by atoms with van der Waals surface area (Å²) in [5, 5.41) is 6.08. The second kappa shape index (κ2) is 17.8. The van der Waals surface area contributed by atoms with Crippen LogP contribution < -0.4 is 0 Å². The Labute approximate surface area is 242 Å². The van der Waals surface area contributed by atoms with Gasteiger partial charge in [-0.25, -0.2) is 0 Å². The third-order valence-corrected chi connectivity index (χ3v) is 9.00. The molecule has 0 aliphatic carbocycles. The summed E-state index contributed by atoms with van der Waals surface area (Å²) in [7, 11) is 0. The van der Waals surface area contributed by atoms with Crippen LogP contribution in [0.25, 0.3) is 21.5 Å². The molecule has 0 unspecified atom stereocenters. The van der Waals surface area contributed by atoms with Crippen LogP contribution in [0.4, 0.5) is 0 Å². The topological polar surface area (TPSA) is 0 Å². The number of aryl methyl sites for hydroxylation is 5. The van der Waals surface area contributed by atoms with Gasteiger partial charge in [-0.05, 0) is 84.7 Å². The number of fused-ring (bicyclic) bond motifs is 3. The average Bonchev–Trinajstić information content (AvgIpc) is 2.91. The van der Waals surface area contributed by atoms with Crippen molar-refractivity contribution in [3.8, 4) is 0 Å². The molecule has 0 atom stereocenters. The van der Waals surface area contributed by atoms with Crippen molar-refractivity contribution in [1.29, 1.82) is 0 Å². The summed E-state index contributed by atoms with van der Waals surface area (Å²) >= 11 is 0. The van der Waals surface area contributed by atoms with Gasteiger partial charge in [-0.15, -0.1) is 0 Å². The van der Waals surface area contributed by atoms with Gasteiger partial charge in [0.1, 0.15) is 0 Å². The first-order valence-electron chi connectivity index (χ1n) is 17.0. The summed E-state index contributed by atoms with van der Waals surface area (Å²) in [6.07, 6.45) is 27.7. The van der Waals surface area contributed by atoms with Gasteiger partial charge in [-0.1, -0.05) is 158 Å². The van der Waals surface area contributed by atoms with Crippen molar-refractivity contribution in [3.05, 3.63) is 58.1 Å². The second-order valence-electron chi connectivity index (χ2n) is 12.7. The highest BCUT2D eigenvalue weighted by Gasteiger charge is 2.16. The van der Waals surface area contributed by atoms with Gasteiger partial charge in [0.05, 0.1) is 0 Å². The van der Waals surface area contributed by atoms with Crippen molar-refractivity contribution < 1.29 is 0 Å². The van der Waals surface area contributed by atoms with Crippen LogP contribution in [0.5, 0.6) is 0 Å². The molecule has 0 bridgehead atoms. The van der Waals surface area contributed by atoms with Crippen molar-refractivity contribution in [1.82, 2.24) is 0 Å².